The van der Waals surface area contributed by atoms with Crippen LogP contribution >= 0.6 is 56.5 Å². The molecule has 2 aliphatic rings. The van der Waals surface area contributed by atoms with Gasteiger partial charge in [-0.3, -0.25) is 9.36 Å². The van der Waals surface area contributed by atoms with E-state index in [1.807, 2.05) is 73.7 Å². The summed E-state index contributed by atoms with van der Waals surface area (Å²) in [7, 11) is 1.35. The first-order valence-electron chi connectivity index (χ1n) is 13.1. The molecule has 2 aliphatic heterocycles. The lowest BCUT2D eigenvalue weighted by Crippen LogP contribution is -2.40. The number of methoxy groups -OCH3 is 1. The van der Waals surface area contributed by atoms with E-state index in [2.05, 4.69) is 45.2 Å². The van der Waals surface area contributed by atoms with Crippen molar-refractivity contribution < 1.29 is 23.7 Å². The maximum absolute atomic E-state index is 13.9. The van der Waals surface area contributed by atoms with Gasteiger partial charge in [0.15, 0.2) is 16.3 Å². The van der Waals surface area contributed by atoms with Crippen LogP contribution in [0.3, 0.4) is 0 Å². The molecule has 0 amide bonds. The molecule has 3 aromatic carbocycles. The number of hydrogen-bond acceptors (Lipinski definition) is 8. The fraction of sp³-hybridized carbons (Fsp3) is 0.194. The molecule has 214 valence electrons. The number of aromatic nitrogens is 1. The zero-order valence-electron chi connectivity index (χ0n) is 22.6. The fourth-order valence-electron chi connectivity index (χ4n) is 4.95. The highest BCUT2D eigenvalue weighted by molar-refractivity contribution is 14.1. The van der Waals surface area contributed by atoms with E-state index in [1.54, 1.807) is 4.57 Å². The minimum atomic E-state index is -0.626. The molecule has 3 heterocycles. The number of halogens is 2. The number of thiazole rings is 1. The van der Waals surface area contributed by atoms with Crippen LogP contribution in [-0.4, -0.2) is 24.4 Å². The van der Waals surface area contributed by atoms with Gasteiger partial charge in [-0.05, 0) is 98.6 Å². The summed E-state index contributed by atoms with van der Waals surface area (Å²) in [5, 5.41) is 0. The zero-order valence-corrected chi connectivity index (χ0v) is 27.7. The average molecular weight is 806 g/mol. The predicted octanol–water partition coefficient (Wildman–Crippen LogP) is 5.32. The van der Waals surface area contributed by atoms with Crippen molar-refractivity contribution in [2.45, 2.75) is 26.0 Å². The van der Waals surface area contributed by atoms with Gasteiger partial charge in [-0.25, -0.2) is 9.79 Å². The molecule has 0 bridgehead atoms. The van der Waals surface area contributed by atoms with E-state index in [0.29, 0.717) is 33.6 Å². The first kappa shape index (κ1) is 28.9. The molecule has 4 aromatic rings. The van der Waals surface area contributed by atoms with E-state index >= 15 is 0 Å². The second-order valence-electron chi connectivity index (χ2n) is 9.49. The van der Waals surface area contributed by atoms with Gasteiger partial charge in [0.1, 0.15) is 12.4 Å². The molecule has 11 heteroatoms. The minimum Gasteiger partial charge on any atom is -0.487 e. The Morgan fingerprint density at radius 2 is 1.83 bits per heavy atom. The molecule has 0 aliphatic carbocycles. The van der Waals surface area contributed by atoms with Crippen LogP contribution in [0.1, 0.15) is 36.1 Å². The summed E-state index contributed by atoms with van der Waals surface area (Å²) in [6.45, 7) is 2.55. The van der Waals surface area contributed by atoms with Crippen molar-refractivity contribution in [2.75, 3.05) is 13.9 Å². The largest absolute Gasteiger partial charge is 0.487 e. The van der Waals surface area contributed by atoms with Crippen LogP contribution in [0.15, 0.2) is 81.7 Å². The predicted molar refractivity (Wildman–Crippen MR) is 176 cm³/mol. The minimum absolute atomic E-state index is 0.211. The van der Waals surface area contributed by atoms with Crippen LogP contribution in [0.5, 0.6) is 17.2 Å². The highest BCUT2D eigenvalue weighted by Crippen LogP contribution is 2.35. The van der Waals surface area contributed by atoms with E-state index in [4.69, 9.17) is 23.9 Å². The van der Waals surface area contributed by atoms with Gasteiger partial charge < -0.3 is 18.9 Å². The number of nitrogens with zero attached hydrogens (tertiary/aromatic N) is 2. The maximum Gasteiger partial charge on any atom is 0.338 e. The third-order valence-electron chi connectivity index (χ3n) is 6.90. The molecule has 6 rings (SSSR count). The van der Waals surface area contributed by atoms with Crippen LogP contribution in [0.4, 0.5) is 0 Å². The van der Waals surface area contributed by atoms with Gasteiger partial charge in [-0.2, -0.15) is 0 Å². The Balaban J connectivity index is 1.36. The normalized spacial score (nSPS) is 15.8. The van der Waals surface area contributed by atoms with Crippen molar-refractivity contribution in [3.63, 3.8) is 0 Å². The van der Waals surface area contributed by atoms with Crippen LogP contribution in [0.2, 0.25) is 0 Å². The van der Waals surface area contributed by atoms with Gasteiger partial charge in [-0.1, -0.05) is 54.7 Å². The molecule has 1 atom stereocenters. The van der Waals surface area contributed by atoms with E-state index < -0.39 is 12.0 Å². The van der Waals surface area contributed by atoms with Gasteiger partial charge in [0.25, 0.3) is 5.56 Å². The van der Waals surface area contributed by atoms with Crippen LogP contribution in [0, 0.1) is 7.14 Å². The van der Waals surface area contributed by atoms with Gasteiger partial charge in [0.05, 0.1) is 36.1 Å². The van der Waals surface area contributed by atoms with Crippen molar-refractivity contribution in [1.29, 1.82) is 0 Å². The number of esters is 1. The number of hydrogen-bond donors (Lipinski definition) is 0. The fourth-order valence-corrected chi connectivity index (χ4v) is 8.10. The third-order valence-corrected chi connectivity index (χ3v) is 9.49. The highest BCUT2D eigenvalue weighted by atomic mass is 127. The summed E-state index contributed by atoms with van der Waals surface area (Å²) in [6, 6.07) is 18.6. The van der Waals surface area contributed by atoms with Crippen LogP contribution < -0.4 is 29.1 Å². The van der Waals surface area contributed by atoms with Gasteiger partial charge in [0.2, 0.25) is 6.79 Å². The summed E-state index contributed by atoms with van der Waals surface area (Å²) < 4.78 is 26.2. The van der Waals surface area contributed by atoms with Gasteiger partial charge >= 0.3 is 5.97 Å². The molecule has 0 radical (unpaired) electrons. The summed E-state index contributed by atoms with van der Waals surface area (Å²) in [6.07, 6.45) is 2.40. The Kier molecular flexibility index (Phi) is 8.41. The lowest BCUT2D eigenvalue weighted by atomic mass is 9.95. The lowest BCUT2D eigenvalue weighted by molar-refractivity contribution is -0.136. The van der Waals surface area contributed by atoms with E-state index in [0.717, 1.165) is 41.1 Å². The van der Waals surface area contributed by atoms with Crippen molar-refractivity contribution in [3.8, 4) is 17.2 Å². The quantitative estimate of drug-likeness (QED) is 0.186. The molecule has 0 spiro atoms. The third kappa shape index (κ3) is 5.49. The Morgan fingerprint density at radius 3 is 2.55 bits per heavy atom. The van der Waals surface area contributed by atoms with Crippen LogP contribution in [0.25, 0.3) is 6.08 Å². The smallest absolute Gasteiger partial charge is 0.338 e. The molecular weight excluding hydrogens is 782 g/mol. The molecule has 0 saturated heterocycles. The summed E-state index contributed by atoms with van der Waals surface area (Å²) in [5.74, 6) is 1.74. The molecule has 0 saturated carbocycles. The number of ether oxygens (including phenoxy) is 4. The highest BCUT2D eigenvalue weighted by Gasteiger charge is 2.33. The van der Waals surface area contributed by atoms with E-state index in [-0.39, 0.29) is 12.4 Å². The first-order valence-corrected chi connectivity index (χ1v) is 16.0. The molecule has 42 heavy (non-hydrogen) atoms. The van der Waals surface area contributed by atoms with Gasteiger partial charge in [-0.15, -0.1) is 0 Å². The van der Waals surface area contributed by atoms with Crippen molar-refractivity contribution in [3.05, 3.63) is 115 Å². The van der Waals surface area contributed by atoms with Crippen LogP contribution in [-0.2, 0) is 16.1 Å². The molecule has 1 aromatic heterocycles. The van der Waals surface area contributed by atoms with Crippen molar-refractivity contribution >= 4 is 68.6 Å². The number of carbonyl (C=O) groups is 1. The Labute approximate surface area is 272 Å². The summed E-state index contributed by atoms with van der Waals surface area (Å²) >= 11 is 5.82. The molecule has 0 N–H and O–H groups in total. The first-order chi connectivity index (χ1) is 20.4. The Morgan fingerprint density at radius 1 is 1.10 bits per heavy atom. The number of allylic oxidation sites excluding steroid dienone is 1. The standard InChI is InChI=1S/C31H24I2N2O6S/c1-3-22-26(30(37)38-2)27(19-7-5-4-6-8-19)35-29(36)25(42-31(35)34-22)14-18-11-20(32)28(21(33)12-18)39-15-17-9-10-23-24(13-17)41-16-40-23/h4-14,27H,3,15-16H2,1-2H3/b25-14-/t27-/m0/s1. The van der Waals surface area contributed by atoms with E-state index in [1.165, 1.54) is 18.4 Å². The Bertz CT molecular complexity index is 1890. The van der Waals surface area contributed by atoms with E-state index in [9.17, 15) is 9.59 Å². The number of fused-ring (bicyclic) bond motifs is 2. The summed E-state index contributed by atoms with van der Waals surface area (Å²) in [4.78, 5) is 32.1. The molecule has 0 fully saturated rings. The topological polar surface area (TPSA) is 88.4 Å². The molecule has 8 nitrogen and oxygen atoms in total. The molecule has 0 unspecified atom stereocenters. The lowest BCUT2D eigenvalue weighted by Gasteiger charge is -2.25. The monoisotopic (exact) mass is 806 g/mol. The zero-order chi connectivity index (χ0) is 29.4. The number of benzene rings is 3. The number of carbonyl (C=O) groups excluding carboxylic acids is 1. The van der Waals surface area contributed by atoms with Gasteiger partial charge in [0, 0.05) is 0 Å². The second-order valence-corrected chi connectivity index (χ2v) is 12.8. The van der Waals surface area contributed by atoms with Crippen molar-refractivity contribution in [1.82, 2.24) is 4.57 Å². The summed E-state index contributed by atoms with van der Waals surface area (Å²) in [5.41, 5.74) is 3.46. The van der Waals surface area contributed by atoms with Crippen molar-refractivity contribution in [2.24, 2.45) is 4.99 Å². The maximum atomic E-state index is 13.9. The number of rotatable bonds is 7. The average Bonchev–Trinajstić information content (AvgIpc) is 3.59. The Hall–Kier alpha value is -3.17. The second kappa shape index (κ2) is 12.2. The molecular formula is C31H24I2N2O6S. The SMILES string of the molecule is CCC1=C(C(=O)OC)[C@H](c2ccccc2)n2c(s/c(=C\c3cc(I)c(OCc4ccc5c(c4)OCO5)c(I)c3)c2=O)=N1.